The highest BCUT2D eigenvalue weighted by molar-refractivity contribution is 6.30. The fourth-order valence-corrected chi connectivity index (χ4v) is 4.12. The number of nitrogens with one attached hydrogen (secondary N) is 2. The molecule has 2 N–H and O–H groups in total. The first-order valence-corrected chi connectivity index (χ1v) is 10.7. The monoisotopic (exact) mass is 433 g/mol. The van der Waals surface area contributed by atoms with Gasteiger partial charge in [0.2, 0.25) is 5.91 Å². The summed E-state index contributed by atoms with van der Waals surface area (Å²) in [5.74, 6) is -0.156. The predicted molar refractivity (Wildman–Crippen MR) is 123 cm³/mol. The van der Waals surface area contributed by atoms with E-state index in [0.717, 1.165) is 17.5 Å². The maximum atomic E-state index is 13.3. The van der Waals surface area contributed by atoms with Crippen molar-refractivity contribution in [3.8, 4) is 0 Å². The zero-order chi connectivity index (χ0) is 21.6. The summed E-state index contributed by atoms with van der Waals surface area (Å²) in [4.78, 5) is 27.7. The summed E-state index contributed by atoms with van der Waals surface area (Å²) in [5, 5.41) is 6.56. The van der Waals surface area contributed by atoms with Gasteiger partial charge in [0, 0.05) is 17.3 Å². The molecule has 1 atom stereocenters. The molecule has 3 aromatic carbocycles. The van der Waals surface area contributed by atoms with E-state index < -0.39 is 6.04 Å². The van der Waals surface area contributed by atoms with Gasteiger partial charge in [0.25, 0.3) is 0 Å². The maximum absolute atomic E-state index is 13.3. The first kappa shape index (κ1) is 20.9. The second-order valence-electron chi connectivity index (χ2n) is 7.55. The summed E-state index contributed by atoms with van der Waals surface area (Å²) >= 11 is 6.01. The van der Waals surface area contributed by atoms with Gasteiger partial charge in [-0.15, -0.1) is 0 Å². The minimum Gasteiger partial charge on any atom is -0.343 e. The lowest BCUT2D eigenvalue weighted by Gasteiger charge is -2.27. The Morgan fingerprint density at radius 3 is 2.16 bits per heavy atom. The molecule has 0 bridgehead atoms. The van der Waals surface area contributed by atoms with E-state index in [1.807, 2.05) is 60.7 Å². The highest BCUT2D eigenvalue weighted by atomic mass is 35.5. The first-order valence-electron chi connectivity index (χ1n) is 10.4. The van der Waals surface area contributed by atoms with Crippen LogP contribution in [0.15, 0.2) is 84.9 Å². The molecule has 0 saturated carbocycles. The van der Waals surface area contributed by atoms with E-state index in [1.165, 1.54) is 0 Å². The van der Waals surface area contributed by atoms with Crippen molar-refractivity contribution in [3.63, 3.8) is 0 Å². The van der Waals surface area contributed by atoms with Crippen molar-refractivity contribution in [3.05, 3.63) is 101 Å². The zero-order valence-corrected chi connectivity index (χ0v) is 17.8. The number of halogens is 1. The van der Waals surface area contributed by atoms with Crippen LogP contribution in [-0.2, 0) is 4.79 Å². The molecule has 1 heterocycles. The second-order valence-corrected chi connectivity index (χ2v) is 7.99. The van der Waals surface area contributed by atoms with Crippen molar-refractivity contribution in [2.45, 2.75) is 24.9 Å². The normalized spacial score (nSPS) is 15.7. The number of anilines is 1. The van der Waals surface area contributed by atoms with Gasteiger partial charge in [0.1, 0.15) is 6.04 Å². The van der Waals surface area contributed by atoms with Gasteiger partial charge in [-0.3, -0.25) is 4.79 Å². The first-order chi connectivity index (χ1) is 15.1. The van der Waals surface area contributed by atoms with Gasteiger partial charge in [-0.2, -0.15) is 0 Å². The fourth-order valence-electron chi connectivity index (χ4n) is 3.93. The average Bonchev–Trinajstić information content (AvgIpc) is 3.29. The SMILES string of the molecule is O=C(NC(c1ccccc1)c1ccccc1)C1CCCN1C(=O)Nc1cccc(Cl)c1. The fraction of sp³-hybridized carbons (Fsp3) is 0.200. The van der Waals surface area contributed by atoms with E-state index in [4.69, 9.17) is 11.6 Å². The third-order valence-corrected chi connectivity index (χ3v) is 5.68. The van der Waals surface area contributed by atoms with E-state index in [2.05, 4.69) is 10.6 Å². The Morgan fingerprint density at radius 1 is 0.903 bits per heavy atom. The van der Waals surface area contributed by atoms with Crippen LogP contribution in [-0.4, -0.2) is 29.4 Å². The lowest BCUT2D eigenvalue weighted by molar-refractivity contribution is -0.125. The third-order valence-electron chi connectivity index (χ3n) is 5.44. The molecule has 0 aromatic heterocycles. The highest BCUT2D eigenvalue weighted by Gasteiger charge is 2.35. The zero-order valence-electron chi connectivity index (χ0n) is 17.0. The minimum atomic E-state index is -0.519. The second kappa shape index (κ2) is 9.67. The molecule has 1 aliphatic rings. The summed E-state index contributed by atoms with van der Waals surface area (Å²) in [6, 6.07) is 25.6. The molecule has 0 spiro atoms. The Bertz CT molecular complexity index is 1000. The summed E-state index contributed by atoms with van der Waals surface area (Å²) in [6.45, 7) is 0.534. The van der Waals surface area contributed by atoms with Gasteiger partial charge < -0.3 is 15.5 Å². The Balaban J connectivity index is 1.51. The number of rotatable bonds is 5. The van der Waals surface area contributed by atoms with Crippen LogP contribution in [0.1, 0.15) is 30.0 Å². The minimum absolute atomic E-state index is 0.156. The lowest BCUT2D eigenvalue weighted by atomic mass is 9.98. The van der Waals surface area contributed by atoms with Crippen LogP contribution in [0.25, 0.3) is 0 Å². The molecule has 4 rings (SSSR count). The molecule has 6 heteroatoms. The summed E-state index contributed by atoms with van der Waals surface area (Å²) in [5.41, 5.74) is 2.60. The number of carbonyl (C=O) groups excluding carboxylic acids is 2. The van der Waals surface area contributed by atoms with Gasteiger partial charge >= 0.3 is 6.03 Å². The maximum Gasteiger partial charge on any atom is 0.322 e. The van der Waals surface area contributed by atoms with Gasteiger partial charge in [0.15, 0.2) is 0 Å². The van der Waals surface area contributed by atoms with Gasteiger partial charge in [0.05, 0.1) is 6.04 Å². The largest absolute Gasteiger partial charge is 0.343 e. The quantitative estimate of drug-likeness (QED) is 0.577. The Hall–Kier alpha value is -3.31. The van der Waals surface area contributed by atoms with Crippen LogP contribution >= 0.6 is 11.6 Å². The number of hydrogen-bond acceptors (Lipinski definition) is 2. The van der Waals surface area contributed by atoms with E-state index in [-0.39, 0.29) is 18.0 Å². The number of nitrogens with zero attached hydrogens (tertiary/aromatic N) is 1. The Morgan fingerprint density at radius 2 is 1.55 bits per heavy atom. The molecule has 5 nitrogen and oxygen atoms in total. The predicted octanol–water partition coefficient (Wildman–Crippen LogP) is 5.24. The number of hydrogen-bond donors (Lipinski definition) is 2. The van der Waals surface area contributed by atoms with Crippen LogP contribution in [0.4, 0.5) is 10.5 Å². The standard InChI is InChI=1S/C25H24ClN3O2/c26-20-13-7-14-21(17-20)27-25(31)29-16-8-15-22(29)24(30)28-23(18-9-3-1-4-10-18)19-11-5-2-6-12-19/h1-7,9-14,17,22-23H,8,15-16H2,(H,27,31)(H,28,30). The topological polar surface area (TPSA) is 61.4 Å². The van der Waals surface area contributed by atoms with E-state index in [9.17, 15) is 9.59 Å². The van der Waals surface area contributed by atoms with Crippen LogP contribution < -0.4 is 10.6 Å². The Labute approximate surface area is 187 Å². The lowest BCUT2D eigenvalue weighted by Crippen LogP contribution is -2.48. The van der Waals surface area contributed by atoms with Crippen LogP contribution in [0.3, 0.4) is 0 Å². The number of urea groups is 1. The van der Waals surface area contributed by atoms with Crippen molar-refractivity contribution in [2.24, 2.45) is 0 Å². The van der Waals surface area contributed by atoms with Gasteiger partial charge in [-0.1, -0.05) is 78.3 Å². The molecular weight excluding hydrogens is 410 g/mol. The summed E-state index contributed by atoms with van der Waals surface area (Å²) in [7, 11) is 0. The molecule has 1 fully saturated rings. The number of carbonyl (C=O) groups is 2. The third kappa shape index (κ3) is 5.06. The van der Waals surface area contributed by atoms with Crippen LogP contribution in [0.5, 0.6) is 0 Å². The summed E-state index contributed by atoms with van der Waals surface area (Å²) < 4.78 is 0. The number of amides is 3. The Kier molecular flexibility index (Phi) is 6.53. The van der Waals surface area contributed by atoms with Crippen molar-refractivity contribution >= 4 is 29.2 Å². The molecule has 1 unspecified atom stereocenters. The van der Waals surface area contributed by atoms with Crippen molar-refractivity contribution < 1.29 is 9.59 Å². The number of likely N-dealkylation sites (tertiary alicyclic amines) is 1. The highest BCUT2D eigenvalue weighted by Crippen LogP contribution is 2.25. The molecule has 0 radical (unpaired) electrons. The molecule has 31 heavy (non-hydrogen) atoms. The van der Waals surface area contributed by atoms with Crippen LogP contribution in [0.2, 0.25) is 5.02 Å². The van der Waals surface area contributed by atoms with Crippen molar-refractivity contribution in [2.75, 3.05) is 11.9 Å². The molecule has 1 saturated heterocycles. The summed E-state index contributed by atoms with van der Waals surface area (Å²) in [6.07, 6.45) is 1.41. The molecule has 0 aliphatic carbocycles. The van der Waals surface area contributed by atoms with E-state index in [1.54, 1.807) is 29.2 Å². The van der Waals surface area contributed by atoms with Crippen molar-refractivity contribution in [1.82, 2.24) is 10.2 Å². The number of benzene rings is 3. The van der Waals surface area contributed by atoms with E-state index >= 15 is 0 Å². The average molecular weight is 434 g/mol. The molecule has 1 aliphatic heterocycles. The van der Waals surface area contributed by atoms with Crippen LogP contribution in [0, 0.1) is 0 Å². The van der Waals surface area contributed by atoms with E-state index in [0.29, 0.717) is 23.7 Å². The van der Waals surface area contributed by atoms with Crippen molar-refractivity contribution in [1.29, 1.82) is 0 Å². The molecular formula is C25H24ClN3O2. The van der Waals surface area contributed by atoms with Gasteiger partial charge in [-0.25, -0.2) is 4.79 Å². The molecule has 158 valence electrons. The molecule has 3 amide bonds. The van der Waals surface area contributed by atoms with Gasteiger partial charge in [-0.05, 0) is 42.2 Å². The molecule has 3 aromatic rings. The smallest absolute Gasteiger partial charge is 0.322 e.